The number of amides is 1. The number of likely N-dealkylation sites (tertiary alicyclic amines) is 1. The number of carbonyl (C=O) groups excluding carboxylic acids is 1. The lowest BCUT2D eigenvalue weighted by molar-refractivity contribution is -0.00349. The summed E-state index contributed by atoms with van der Waals surface area (Å²) in [7, 11) is 1.68. The Morgan fingerprint density at radius 3 is 2.88 bits per heavy atom. The smallest absolute Gasteiger partial charge is 0.276 e. The third-order valence-electron chi connectivity index (χ3n) is 5.42. The normalized spacial score (nSPS) is 23.2. The summed E-state index contributed by atoms with van der Waals surface area (Å²) in [6.07, 6.45) is 3.49. The molecule has 1 saturated carbocycles. The number of hydrogen-bond donors (Lipinski definition) is 0. The first-order valence-corrected chi connectivity index (χ1v) is 9.17. The molecule has 5 nitrogen and oxygen atoms in total. The SMILES string of the molecule is CO[C@@H]1CCN(C(=O)c2cc(C3CC3)on2)C[C@H]1Cc1ccccc1F. The maximum Gasteiger partial charge on any atom is 0.276 e. The van der Waals surface area contributed by atoms with E-state index in [2.05, 4.69) is 5.16 Å². The van der Waals surface area contributed by atoms with Gasteiger partial charge in [0.15, 0.2) is 5.69 Å². The fourth-order valence-electron chi connectivity index (χ4n) is 3.76. The van der Waals surface area contributed by atoms with Crippen LogP contribution in [-0.2, 0) is 11.2 Å². The van der Waals surface area contributed by atoms with E-state index in [4.69, 9.17) is 9.26 Å². The van der Waals surface area contributed by atoms with E-state index >= 15 is 0 Å². The van der Waals surface area contributed by atoms with Crippen LogP contribution in [0.1, 0.15) is 47.0 Å². The fraction of sp³-hybridized carbons (Fsp3) is 0.500. The van der Waals surface area contributed by atoms with Gasteiger partial charge in [-0.15, -0.1) is 0 Å². The molecule has 4 rings (SSSR count). The number of hydrogen-bond acceptors (Lipinski definition) is 4. The Balaban J connectivity index is 1.47. The van der Waals surface area contributed by atoms with E-state index in [1.165, 1.54) is 6.07 Å². The molecule has 2 fully saturated rings. The number of rotatable bonds is 5. The van der Waals surface area contributed by atoms with Gasteiger partial charge in [-0.2, -0.15) is 0 Å². The molecule has 0 spiro atoms. The number of carbonyl (C=O) groups is 1. The van der Waals surface area contributed by atoms with Crippen LogP contribution in [0, 0.1) is 11.7 Å². The van der Waals surface area contributed by atoms with E-state index in [-0.39, 0.29) is 23.7 Å². The molecule has 1 aromatic heterocycles. The summed E-state index contributed by atoms with van der Waals surface area (Å²) in [5, 5.41) is 3.96. The molecule has 1 aromatic carbocycles. The molecule has 1 aliphatic heterocycles. The summed E-state index contributed by atoms with van der Waals surface area (Å²) < 4.78 is 24.9. The second-order valence-electron chi connectivity index (χ2n) is 7.26. The lowest BCUT2D eigenvalue weighted by Gasteiger charge is -2.37. The molecule has 2 aliphatic rings. The largest absolute Gasteiger partial charge is 0.381 e. The maximum absolute atomic E-state index is 14.0. The van der Waals surface area contributed by atoms with Crippen molar-refractivity contribution >= 4 is 5.91 Å². The topological polar surface area (TPSA) is 55.6 Å². The van der Waals surface area contributed by atoms with Crippen LogP contribution in [-0.4, -0.2) is 42.3 Å². The van der Waals surface area contributed by atoms with Gasteiger partial charge in [0.25, 0.3) is 5.91 Å². The fourth-order valence-corrected chi connectivity index (χ4v) is 3.76. The van der Waals surface area contributed by atoms with E-state index in [1.54, 1.807) is 30.2 Å². The molecule has 2 aromatic rings. The molecule has 138 valence electrons. The van der Waals surface area contributed by atoms with Crippen molar-refractivity contribution < 1.29 is 18.4 Å². The van der Waals surface area contributed by atoms with Gasteiger partial charge in [0.05, 0.1) is 6.10 Å². The molecule has 1 amide bonds. The van der Waals surface area contributed by atoms with Gasteiger partial charge in [0, 0.05) is 38.1 Å². The molecule has 2 heterocycles. The van der Waals surface area contributed by atoms with Crippen LogP contribution in [0.5, 0.6) is 0 Å². The number of halogens is 1. The van der Waals surface area contributed by atoms with Crippen molar-refractivity contribution in [3.63, 3.8) is 0 Å². The highest BCUT2D eigenvalue weighted by Gasteiger charge is 2.34. The van der Waals surface area contributed by atoms with Gasteiger partial charge in [-0.05, 0) is 37.3 Å². The number of methoxy groups -OCH3 is 1. The minimum Gasteiger partial charge on any atom is -0.381 e. The van der Waals surface area contributed by atoms with Crippen LogP contribution >= 0.6 is 0 Å². The Bertz CT molecular complexity index is 787. The zero-order chi connectivity index (χ0) is 18.1. The van der Waals surface area contributed by atoms with Gasteiger partial charge < -0.3 is 14.2 Å². The van der Waals surface area contributed by atoms with Crippen LogP contribution in [0.25, 0.3) is 0 Å². The number of benzene rings is 1. The van der Waals surface area contributed by atoms with Crippen molar-refractivity contribution in [2.75, 3.05) is 20.2 Å². The third kappa shape index (κ3) is 3.51. The average molecular weight is 358 g/mol. The zero-order valence-corrected chi connectivity index (χ0v) is 14.9. The molecule has 1 saturated heterocycles. The first kappa shape index (κ1) is 17.2. The summed E-state index contributed by atoms with van der Waals surface area (Å²) >= 11 is 0. The lowest BCUT2D eigenvalue weighted by atomic mass is 9.88. The van der Waals surface area contributed by atoms with Crippen LogP contribution < -0.4 is 0 Å². The second-order valence-corrected chi connectivity index (χ2v) is 7.26. The second kappa shape index (κ2) is 7.19. The van der Waals surface area contributed by atoms with Crippen molar-refractivity contribution in [1.82, 2.24) is 10.1 Å². The highest BCUT2D eigenvalue weighted by atomic mass is 19.1. The van der Waals surface area contributed by atoms with Crippen molar-refractivity contribution in [3.05, 3.63) is 53.2 Å². The summed E-state index contributed by atoms with van der Waals surface area (Å²) in [5.41, 5.74) is 1.03. The third-order valence-corrected chi connectivity index (χ3v) is 5.42. The lowest BCUT2D eigenvalue weighted by Crippen LogP contribution is -2.47. The summed E-state index contributed by atoms with van der Waals surface area (Å²) in [6.45, 7) is 1.13. The van der Waals surface area contributed by atoms with Crippen LogP contribution in [0.4, 0.5) is 4.39 Å². The van der Waals surface area contributed by atoms with Crippen LogP contribution in [0.15, 0.2) is 34.9 Å². The Morgan fingerprint density at radius 1 is 1.35 bits per heavy atom. The predicted octanol–water partition coefficient (Wildman–Crippen LogP) is 3.41. The average Bonchev–Trinajstić information content (AvgIpc) is 3.40. The molecule has 0 radical (unpaired) electrons. The molecule has 6 heteroatoms. The number of piperidine rings is 1. The molecule has 0 N–H and O–H groups in total. The predicted molar refractivity (Wildman–Crippen MR) is 93.4 cm³/mol. The Hall–Kier alpha value is -2.21. The Kier molecular flexibility index (Phi) is 4.76. The van der Waals surface area contributed by atoms with Crippen molar-refractivity contribution in [2.45, 2.75) is 37.7 Å². The molecule has 1 aliphatic carbocycles. The molecule has 0 unspecified atom stereocenters. The van der Waals surface area contributed by atoms with Gasteiger partial charge >= 0.3 is 0 Å². The molecular weight excluding hydrogens is 335 g/mol. The van der Waals surface area contributed by atoms with Crippen molar-refractivity contribution in [1.29, 1.82) is 0 Å². The van der Waals surface area contributed by atoms with Gasteiger partial charge in [-0.25, -0.2) is 4.39 Å². The summed E-state index contributed by atoms with van der Waals surface area (Å²) in [6, 6.07) is 8.56. The van der Waals surface area contributed by atoms with Crippen molar-refractivity contribution in [2.24, 2.45) is 5.92 Å². The van der Waals surface area contributed by atoms with Gasteiger partial charge in [-0.3, -0.25) is 4.79 Å². The van der Waals surface area contributed by atoms with E-state index in [9.17, 15) is 9.18 Å². The highest BCUT2D eigenvalue weighted by molar-refractivity contribution is 5.92. The number of ether oxygens (including phenoxy) is 1. The summed E-state index contributed by atoms with van der Waals surface area (Å²) in [4.78, 5) is 14.6. The van der Waals surface area contributed by atoms with Crippen molar-refractivity contribution in [3.8, 4) is 0 Å². The van der Waals surface area contributed by atoms with Gasteiger partial charge in [-0.1, -0.05) is 23.4 Å². The number of nitrogens with zero attached hydrogens (tertiary/aromatic N) is 2. The highest BCUT2D eigenvalue weighted by Crippen LogP contribution is 2.40. The quantitative estimate of drug-likeness (QED) is 0.822. The number of aromatic nitrogens is 1. The minimum atomic E-state index is -0.212. The monoisotopic (exact) mass is 358 g/mol. The first-order chi connectivity index (χ1) is 12.7. The summed E-state index contributed by atoms with van der Waals surface area (Å²) in [5.74, 6) is 0.953. The standard InChI is InChI=1S/C20H23FN2O3/c1-25-18-8-9-23(12-15(18)10-14-4-2-3-5-16(14)21)20(24)17-11-19(26-22-17)13-6-7-13/h2-5,11,13,15,18H,6-10,12H2,1H3/t15-,18-/m1/s1. The Labute approximate surface area is 152 Å². The van der Waals surface area contributed by atoms with Gasteiger partial charge in [0.1, 0.15) is 11.6 Å². The molecule has 26 heavy (non-hydrogen) atoms. The molecular formula is C20H23FN2O3. The van der Waals surface area contributed by atoms with Gasteiger partial charge in [0.2, 0.25) is 0 Å². The van der Waals surface area contributed by atoms with E-state index in [1.807, 2.05) is 6.07 Å². The van der Waals surface area contributed by atoms with E-state index < -0.39 is 0 Å². The van der Waals surface area contributed by atoms with E-state index in [0.717, 1.165) is 25.0 Å². The molecule has 2 atom stereocenters. The van der Waals surface area contributed by atoms with Crippen LogP contribution in [0.2, 0.25) is 0 Å². The zero-order valence-electron chi connectivity index (χ0n) is 14.9. The van der Waals surface area contributed by atoms with Crippen LogP contribution in [0.3, 0.4) is 0 Å². The van der Waals surface area contributed by atoms with E-state index in [0.29, 0.717) is 36.7 Å². The molecule has 0 bridgehead atoms. The minimum absolute atomic E-state index is 0.0120. The first-order valence-electron chi connectivity index (χ1n) is 9.17. The Morgan fingerprint density at radius 2 is 2.15 bits per heavy atom. The maximum atomic E-state index is 14.0.